The van der Waals surface area contributed by atoms with Crippen LogP contribution in [0.1, 0.15) is 44.9 Å². The van der Waals surface area contributed by atoms with Crippen molar-refractivity contribution in [3.63, 3.8) is 0 Å². The van der Waals surface area contributed by atoms with Crippen molar-refractivity contribution < 1.29 is 4.79 Å². The molecule has 2 fully saturated rings. The van der Waals surface area contributed by atoms with Crippen molar-refractivity contribution in [2.24, 2.45) is 0 Å². The van der Waals surface area contributed by atoms with Gasteiger partial charge in [-0.25, -0.2) is 0 Å². The summed E-state index contributed by atoms with van der Waals surface area (Å²) >= 11 is 0. The minimum atomic E-state index is 0.118. The lowest BCUT2D eigenvalue weighted by molar-refractivity contribution is -0.127. The van der Waals surface area contributed by atoms with Crippen molar-refractivity contribution in [1.82, 2.24) is 15.5 Å². The fraction of sp³-hybridized carbons (Fsp3) is 0.929. The van der Waals surface area contributed by atoms with Crippen LogP contribution in [-0.2, 0) is 4.79 Å². The normalized spacial score (nSPS) is 30.1. The van der Waals surface area contributed by atoms with E-state index in [4.69, 9.17) is 0 Å². The lowest BCUT2D eigenvalue weighted by Gasteiger charge is -2.35. The molecule has 2 saturated heterocycles. The van der Waals surface area contributed by atoms with Gasteiger partial charge in [0.25, 0.3) is 0 Å². The highest BCUT2D eigenvalue weighted by atomic mass is 16.2. The Hall–Kier alpha value is -0.610. The van der Waals surface area contributed by atoms with Gasteiger partial charge in [-0.1, -0.05) is 12.8 Å². The third-order valence-electron chi connectivity index (χ3n) is 4.34. The van der Waals surface area contributed by atoms with E-state index in [-0.39, 0.29) is 11.9 Å². The van der Waals surface area contributed by atoms with Gasteiger partial charge in [0, 0.05) is 19.6 Å². The summed E-state index contributed by atoms with van der Waals surface area (Å²) < 4.78 is 0. The molecule has 1 amide bonds. The van der Waals surface area contributed by atoms with Gasteiger partial charge in [0.2, 0.25) is 5.91 Å². The first-order valence-corrected chi connectivity index (χ1v) is 7.50. The molecule has 2 N–H and O–H groups in total. The third-order valence-corrected chi connectivity index (χ3v) is 4.34. The molecule has 2 atom stereocenters. The molecule has 4 nitrogen and oxygen atoms in total. The van der Waals surface area contributed by atoms with E-state index < -0.39 is 0 Å². The number of carbonyl (C=O) groups is 1. The van der Waals surface area contributed by atoms with Crippen LogP contribution in [0.2, 0.25) is 0 Å². The lowest BCUT2D eigenvalue weighted by Crippen LogP contribution is -2.50. The highest BCUT2D eigenvalue weighted by molar-refractivity contribution is 5.81. The summed E-state index contributed by atoms with van der Waals surface area (Å²) in [5.41, 5.74) is 0. The number of hydrogen-bond donors (Lipinski definition) is 2. The summed E-state index contributed by atoms with van der Waals surface area (Å²) in [5, 5.41) is 6.40. The maximum atomic E-state index is 11.9. The second kappa shape index (κ2) is 7.10. The van der Waals surface area contributed by atoms with Crippen LogP contribution in [0.5, 0.6) is 0 Å². The number of likely N-dealkylation sites (tertiary alicyclic amines) is 1. The van der Waals surface area contributed by atoms with Crippen molar-refractivity contribution in [2.75, 3.05) is 26.7 Å². The van der Waals surface area contributed by atoms with Gasteiger partial charge in [-0.15, -0.1) is 0 Å². The molecule has 0 aromatic rings. The van der Waals surface area contributed by atoms with E-state index in [2.05, 4.69) is 15.5 Å². The van der Waals surface area contributed by atoms with Crippen LogP contribution < -0.4 is 10.6 Å². The molecule has 0 spiro atoms. The molecule has 0 radical (unpaired) electrons. The first-order valence-electron chi connectivity index (χ1n) is 7.50. The largest absolute Gasteiger partial charge is 0.358 e. The number of amides is 1. The average Bonchev–Trinajstić information content (AvgIpc) is 2.45. The zero-order valence-corrected chi connectivity index (χ0v) is 11.6. The Morgan fingerprint density at radius 2 is 2.11 bits per heavy atom. The molecule has 2 heterocycles. The standard InChI is InChI=1S/C14H27N3O/c1-15-14(18)13-7-3-5-10-17(13)11-8-12-6-2-4-9-16-12/h12-13,16H,2-11H2,1H3,(H,15,18). The summed E-state index contributed by atoms with van der Waals surface area (Å²) in [6.07, 6.45) is 8.63. The Balaban J connectivity index is 1.79. The summed E-state index contributed by atoms with van der Waals surface area (Å²) in [6, 6.07) is 0.790. The summed E-state index contributed by atoms with van der Waals surface area (Å²) in [6.45, 7) is 3.32. The maximum Gasteiger partial charge on any atom is 0.237 e. The molecule has 2 aliphatic heterocycles. The number of hydrogen-bond acceptors (Lipinski definition) is 3. The van der Waals surface area contributed by atoms with Gasteiger partial charge in [0.1, 0.15) is 0 Å². The molecule has 4 heteroatoms. The van der Waals surface area contributed by atoms with E-state index >= 15 is 0 Å². The van der Waals surface area contributed by atoms with Crippen LogP contribution in [0.15, 0.2) is 0 Å². The maximum absolute atomic E-state index is 11.9. The van der Waals surface area contributed by atoms with Gasteiger partial charge in [-0.2, -0.15) is 0 Å². The Labute approximate surface area is 110 Å². The Morgan fingerprint density at radius 3 is 2.83 bits per heavy atom. The van der Waals surface area contributed by atoms with E-state index in [0.717, 1.165) is 19.5 Å². The second-order valence-electron chi connectivity index (χ2n) is 5.60. The number of nitrogens with one attached hydrogen (secondary N) is 2. The van der Waals surface area contributed by atoms with Crippen LogP contribution in [0.3, 0.4) is 0 Å². The minimum absolute atomic E-state index is 0.118. The van der Waals surface area contributed by atoms with Gasteiger partial charge in [-0.3, -0.25) is 9.69 Å². The number of carbonyl (C=O) groups excluding carboxylic acids is 1. The van der Waals surface area contributed by atoms with Crippen LogP contribution in [-0.4, -0.2) is 49.6 Å². The molecule has 2 rings (SSSR count). The van der Waals surface area contributed by atoms with E-state index in [0.29, 0.717) is 6.04 Å². The molecular weight excluding hydrogens is 226 g/mol. The molecule has 2 aliphatic rings. The molecule has 18 heavy (non-hydrogen) atoms. The average molecular weight is 253 g/mol. The van der Waals surface area contributed by atoms with Gasteiger partial charge in [0.05, 0.1) is 6.04 Å². The number of nitrogens with zero attached hydrogens (tertiary/aromatic N) is 1. The first-order chi connectivity index (χ1) is 8.81. The molecule has 0 bridgehead atoms. The summed E-state index contributed by atoms with van der Waals surface area (Å²) in [7, 11) is 1.75. The predicted molar refractivity (Wildman–Crippen MR) is 73.5 cm³/mol. The highest BCUT2D eigenvalue weighted by Gasteiger charge is 2.28. The van der Waals surface area contributed by atoms with E-state index in [9.17, 15) is 4.79 Å². The molecule has 104 valence electrons. The van der Waals surface area contributed by atoms with Gasteiger partial charge >= 0.3 is 0 Å². The van der Waals surface area contributed by atoms with E-state index in [1.165, 1.54) is 45.1 Å². The van der Waals surface area contributed by atoms with Crippen molar-refractivity contribution in [3.8, 4) is 0 Å². The van der Waals surface area contributed by atoms with Crippen LogP contribution in [0, 0.1) is 0 Å². The number of rotatable bonds is 4. The van der Waals surface area contributed by atoms with Gasteiger partial charge in [0.15, 0.2) is 0 Å². The number of likely N-dealkylation sites (N-methyl/N-ethyl adjacent to an activating group) is 1. The van der Waals surface area contributed by atoms with Gasteiger partial charge in [-0.05, 0) is 45.2 Å². The van der Waals surface area contributed by atoms with Gasteiger partial charge < -0.3 is 10.6 Å². The Morgan fingerprint density at radius 1 is 1.28 bits per heavy atom. The fourth-order valence-corrected chi connectivity index (χ4v) is 3.21. The Bertz CT molecular complexity index is 264. The Kier molecular flexibility index (Phi) is 5.45. The zero-order chi connectivity index (χ0) is 12.8. The molecule has 0 saturated carbocycles. The highest BCUT2D eigenvalue weighted by Crippen LogP contribution is 2.19. The molecule has 0 aromatic carbocycles. The predicted octanol–water partition coefficient (Wildman–Crippen LogP) is 1.12. The van der Waals surface area contributed by atoms with Crippen molar-refractivity contribution >= 4 is 5.91 Å². The van der Waals surface area contributed by atoms with E-state index in [1.807, 2.05) is 0 Å². The molecule has 0 aromatic heterocycles. The molecule has 0 aliphatic carbocycles. The molecular formula is C14H27N3O. The van der Waals surface area contributed by atoms with Crippen molar-refractivity contribution in [2.45, 2.75) is 57.0 Å². The third kappa shape index (κ3) is 3.69. The summed E-state index contributed by atoms with van der Waals surface area (Å²) in [4.78, 5) is 14.2. The van der Waals surface area contributed by atoms with Crippen LogP contribution in [0.4, 0.5) is 0 Å². The van der Waals surface area contributed by atoms with Crippen molar-refractivity contribution in [1.29, 1.82) is 0 Å². The number of piperidine rings is 2. The topological polar surface area (TPSA) is 44.4 Å². The molecule has 2 unspecified atom stereocenters. The van der Waals surface area contributed by atoms with E-state index in [1.54, 1.807) is 7.05 Å². The monoisotopic (exact) mass is 253 g/mol. The smallest absolute Gasteiger partial charge is 0.237 e. The quantitative estimate of drug-likeness (QED) is 0.789. The van der Waals surface area contributed by atoms with Crippen LogP contribution >= 0.6 is 0 Å². The second-order valence-corrected chi connectivity index (χ2v) is 5.60. The summed E-state index contributed by atoms with van der Waals surface area (Å²) in [5.74, 6) is 0.200. The fourth-order valence-electron chi connectivity index (χ4n) is 3.21. The minimum Gasteiger partial charge on any atom is -0.358 e. The lowest BCUT2D eigenvalue weighted by atomic mass is 9.98. The first kappa shape index (κ1) is 13.8. The van der Waals surface area contributed by atoms with Crippen LogP contribution in [0.25, 0.3) is 0 Å². The zero-order valence-electron chi connectivity index (χ0n) is 11.6. The SMILES string of the molecule is CNC(=O)C1CCCCN1CCC1CCCCN1. The van der Waals surface area contributed by atoms with Crippen molar-refractivity contribution in [3.05, 3.63) is 0 Å².